The normalized spacial score (nSPS) is 15.0. The summed E-state index contributed by atoms with van der Waals surface area (Å²) in [5, 5.41) is 0. The Hall–Kier alpha value is -3.11. The molecule has 1 aliphatic heterocycles. The van der Waals surface area contributed by atoms with Crippen LogP contribution in [0.15, 0.2) is 48.5 Å². The standard InChI is InChI=1S/C23H15F7O3/c24-16-8-14(12-2-4-13(5-3-12)22-31-6-1-7-32-22)9-17(25)20(16)23(29,30)33-15-10-18(26)21(28)19(27)11-15/h2-5,8-11,22H,1,6-7H2. The van der Waals surface area contributed by atoms with Crippen LogP contribution < -0.4 is 4.74 Å². The molecule has 0 saturated carbocycles. The van der Waals surface area contributed by atoms with Crippen LogP contribution >= 0.6 is 0 Å². The highest BCUT2D eigenvalue weighted by atomic mass is 19.3. The zero-order chi connectivity index (χ0) is 23.8. The minimum Gasteiger partial charge on any atom is -0.429 e. The molecule has 0 bridgehead atoms. The van der Waals surface area contributed by atoms with Crippen LogP contribution in [0.25, 0.3) is 11.1 Å². The van der Waals surface area contributed by atoms with Crippen LogP contribution in [0.4, 0.5) is 30.7 Å². The quantitative estimate of drug-likeness (QED) is 0.309. The molecule has 3 aromatic rings. The lowest BCUT2D eigenvalue weighted by atomic mass is 10.0. The van der Waals surface area contributed by atoms with E-state index in [0.717, 1.165) is 6.42 Å². The van der Waals surface area contributed by atoms with Crippen molar-refractivity contribution >= 4 is 0 Å². The highest BCUT2D eigenvalue weighted by molar-refractivity contribution is 5.64. The SMILES string of the molecule is Fc1cc(OC(F)(F)c2c(F)cc(-c3ccc(C4OCCCO4)cc3)cc2F)cc(F)c1F. The molecular formula is C23H15F7O3. The maximum atomic E-state index is 14.5. The van der Waals surface area contributed by atoms with Gasteiger partial charge in [0.25, 0.3) is 0 Å². The summed E-state index contributed by atoms with van der Waals surface area (Å²) in [4.78, 5) is 0. The molecule has 33 heavy (non-hydrogen) atoms. The summed E-state index contributed by atoms with van der Waals surface area (Å²) in [6, 6.07) is 7.88. The van der Waals surface area contributed by atoms with Crippen molar-refractivity contribution < 1.29 is 44.9 Å². The van der Waals surface area contributed by atoms with Crippen molar-refractivity contribution in [2.45, 2.75) is 18.8 Å². The third kappa shape index (κ3) is 4.81. The third-order valence-corrected chi connectivity index (χ3v) is 4.88. The fourth-order valence-corrected chi connectivity index (χ4v) is 3.32. The number of alkyl halides is 2. The zero-order valence-corrected chi connectivity index (χ0v) is 16.7. The lowest BCUT2D eigenvalue weighted by Gasteiger charge is -2.23. The summed E-state index contributed by atoms with van der Waals surface area (Å²) < 4.78 is 113. The maximum Gasteiger partial charge on any atom is 0.432 e. The summed E-state index contributed by atoms with van der Waals surface area (Å²) in [6.07, 6.45) is -4.46. The molecular weight excluding hydrogens is 457 g/mol. The fourth-order valence-electron chi connectivity index (χ4n) is 3.32. The van der Waals surface area contributed by atoms with Gasteiger partial charge in [0.15, 0.2) is 23.7 Å². The number of hydrogen-bond acceptors (Lipinski definition) is 3. The topological polar surface area (TPSA) is 27.7 Å². The Kier molecular flexibility index (Phi) is 6.31. The van der Waals surface area contributed by atoms with Gasteiger partial charge in [-0.15, -0.1) is 0 Å². The lowest BCUT2D eigenvalue weighted by Crippen LogP contribution is -2.25. The molecule has 1 saturated heterocycles. The van der Waals surface area contributed by atoms with E-state index in [2.05, 4.69) is 4.74 Å². The minimum absolute atomic E-state index is 0.0412. The van der Waals surface area contributed by atoms with Crippen LogP contribution in [-0.2, 0) is 15.6 Å². The molecule has 3 aromatic carbocycles. The van der Waals surface area contributed by atoms with Crippen molar-refractivity contribution in [2.24, 2.45) is 0 Å². The molecule has 0 amide bonds. The van der Waals surface area contributed by atoms with E-state index in [1.54, 1.807) is 12.1 Å². The van der Waals surface area contributed by atoms with Gasteiger partial charge in [0.2, 0.25) is 0 Å². The first-order chi connectivity index (χ1) is 15.7. The van der Waals surface area contributed by atoms with Gasteiger partial charge in [-0.25, -0.2) is 22.0 Å². The summed E-state index contributed by atoms with van der Waals surface area (Å²) in [5.41, 5.74) is -0.807. The first-order valence-corrected chi connectivity index (χ1v) is 9.70. The van der Waals surface area contributed by atoms with Gasteiger partial charge in [-0.05, 0) is 29.7 Å². The van der Waals surface area contributed by atoms with Gasteiger partial charge in [-0.1, -0.05) is 24.3 Å². The van der Waals surface area contributed by atoms with Gasteiger partial charge < -0.3 is 14.2 Å². The van der Waals surface area contributed by atoms with Crippen molar-refractivity contribution in [2.75, 3.05) is 13.2 Å². The van der Waals surface area contributed by atoms with Crippen molar-refractivity contribution in [1.82, 2.24) is 0 Å². The van der Waals surface area contributed by atoms with Crippen LogP contribution in [0.2, 0.25) is 0 Å². The van der Waals surface area contributed by atoms with E-state index in [9.17, 15) is 30.7 Å². The Morgan fingerprint density at radius 1 is 0.727 bits per heavy atom. The molecule has 1 fully saturated rings. The lowest BCUT2D eigenvalue weighted by molar-refractivity contribution is -0.189. The Morgan fingerprint density at radius 3 is 1.82 bits per heavy atom. The number of rotatable bonds is 5. The first-order valence-electron chi connectivity index (χ1n) is 9.70. The predicted molar refractivity (Wildman–Crippen MR) is 102 cm³/mol. The maximum absolute atomic E-state index is 14.5. The molecule has 0 N–H and O–H groups in total. The second-order valence-corrected chi connectivity index (χ2v) is 7.18. The van der Waals surface area contributed by atoms with Crippen LogP contribution in [0.1, 0.15) is 23.8 Å². The Labute approximate surface area is 183 Å². The van der Waals surface area contributed by atoms with Gasteiger partial charge in [0.1, 0.15) is 22.9 Å². The largest absolute Gasteiger partial charge is 0.432 e. The molecule has 0 aliphatic carbocycles. The molecule has 0 radical (unpaired) electrons. The van der Waals surface area contributed by atoms with E-state index in [1.165, 1.54) is 12.1 Å². The van der Waals surface area contributed by atoms with Crippen LogP contribution in [0.5, 0.6) is 5.75 Å². The van der Waals surface area contributed by atoms with Crippen molar-refractivity contribution in [3.05, 3.63) is 88.7 Å². The van der Waals surface area contributed by atoms with E-state index < -0.39 is 52.8 Å². The van der Waals surface area contributed by atoms with Crippen LogP contribution in [0, 0.1) is 29.1 Å². The van der Waals surface area contributed by atoms with Gasteiger partial charge in [-0.3, -0.25) is 0 Å². The molecule has 174 valence electrons. The van der Waals surface area contributed by atoms with Gasteiger partial charge in [-0.2, -0.15) is 8.78 Å². The van der Waals surface area contributed by atoms with E-state index in [-0.39, 0.29) is 17.7 Å². The number of halogens is 7. The summed E-state index contributed by atoms with van der Waals surface area (Å²) in [6.45, 7) is 1.05. The highest BCUT2D eigenvalue weighted by Gasteiger charge is 2.41. The van der Waals surface area contributed by atoms with E-state index in [4.69, 9.17) is 9.47 Å². The summed E-state index contributed by atoms with van der Waals surface area (Å²) in [7, 11) is 0. The Balaban J connectivity index is 1.60. The Morgan fingerprint density at radius 2 is 1.27 bits per heavy atom. The molecule has 3 nitrogen and oxygen atoms in total. The number of hydrogen-bond donors (Lipinski definition) is 0. The van der Waals surface area contributed by atoms with Crippen LogP contribution in [0.3, 0.4) is 0 Å². The smallest absolute Gasteiger partial charge is 0.429 e. The molecule has 0 spiro atoms. The summed E-state index contributed by atoms with van der Waals surface area (Å²) >= 11 is 0. The van der Waals surface area contributed by atoms with E-state index >= 15 is 0 Å². The molecule has 0 atom stereocenters. The fraction of sp³-hybridized carbons (Fsp3) is 0.217. The minimum atomic E-state index is -4.65. The van der Waals surface area contributed by atoms with E-state index in [0.29, 0.717) is 36.5 Å². The van der Waals surface area contributed by atoms with Gasteiger partial charge >= 0.3 is 6.11 Å². The molecule has 0 unspecified atom stereocenters. The van der Waals surface area contributed by atoms with E-state index in [1.807, 2.05) is 0 Å². The molecule has 0 aromatic heterocycles. The molecule has 1 aliphatic rings. The molecule has 10 heteroatoms. The number of ether oxygens (including phenoxy) is 3. The predicted octanol–water partition coefficient (Wildman–Crippen LogP) is 6.61. The zero-order valence-electron chi connectivity index (χ0n) is 16.7. The molecule has 1 heterocycles. The van der Waals surface area contributed by atoms with Crippen LogP contribution in [-0.4, -0.2) is 13.2 Å². The average molecular weight is 472 g/mol. The summed E-state index contributed by atoms with van der Waals surface area (Å²) in [5.74, 6) is -9.96. The highest BCUT2D eigenvalue weighted by Crippen LogP contribution is 2.38. The second-order valence-electron chi connectivity index (χ2n) is 7.18. The van der Waals surface area contributed by atoms with Crippen molar-refractivity contribution in [3.63, 3.8) is 0 Å². The third-order valence-electron chi connectivity index (χ3n) is 4.88. The second kappa shape index (κ2) is 9.03. The van der Waals surface area contributed by atoms with Gasteiger partial charge in [0.05, 0.1) is 13.2 Å². The number of benzene rings is 3. The average Bonchev–Trinajstić information content (AvgIpc) is 2.77. The van der Waals surface area contributed by atoms with Crippen molar-refractivity contribution in [3.8, 4) is 16.9 Å². The monoisotopic (exact) mass is 472 g/mol. The molecule has 4 rings (SSSR count). The first kappa shape index (κ1) is 23.1. The van der Waals surface area contributed by atoms with Gasteiger partial charge in [0, 0.05) is 17.7 Å². The van der Waals surface area contributed by atoms with Crippen molar-refractivity contribution in [1.29, 1.82) is 0 Å². The Bertz CT molecular complexity index is 1110.